The predicted molar refractivity (Wildman–Crippen MR) is 332 cm³/mol. The lowest BCUT2D eigenvalue weighted by Crippen LogP contribution is -2.36. The van der Waals surface area contributed by atoms with E-state index in [1.165, 1.54) is 9.80 Å². The summed E-state index contributed by atoms with van der Waals surface area (Å²) in [5, 5.41) is 20.1. The van der Waals surface area contributed by atoms with Crippen LogP contribution in [0, 0.1) is 0 Å². The smallest absolute Gasteiger partial charge is 0.416 e. The maximum atomic E-state index is 14.8. The molecule has 32 heteroatoms. The van der Waals surface area contributed by atoms with Crippen LogP contribution in [0.4, 0.5) is 68.3 Å². The molecule has 5 rings (SSSR count). The number of nitrogens with zero attached hydrogens (tertiary/aromatic N) is 4. The minimum atomic E-state index is -5.11. The van der Waals surface area contributed by atoms with Gasteiger partial charge in [0, 0.05) is 57.9 Å². The van der Waals surface area contributed by atoms with Crippen molar-refractivity contribution in [2.45, 2.75) is 181 Å². The van der Waals surface area contributed by atoms with Crippen LogP contribution in [0.5, 0.6) is 11.5 Å². The summed E-state index contributed by atoms with van der Waals surface area (Å²) >= 11 is 0. The van der Waals surface area contributed by atoms with Gasteiger partial charge in [0.2, 0.25) is 11.8 Å². The lowest BCUT2D eigenvalue weighted by Gasteiger charge is -2.25. The van der Waals surface area contributed by atoms with Crippen LogP contribution < -0.4 is 52.0 Å². The van der Waals surface area contributed by atoms with Crippen LogP contribution in [-0.4, -0.2) is 142 Å². The molecule has 0 radical (unpaired) electrons. The summed E-state index contributed by atoms with van der Waals surface area (Å²) in [6, 6.07) is 3.00. The standard InChI is InChI=1S/C62H84F6N12O14/c1-35(73-53(85)91-57(3,4)5)69-23-17-15-19-47(81)75-41-27-37(61(63,64)65)29-43(49(41)89-39-21-25-79(32-39)55(87)93-59(9,10)11)77-51(83)45-31-46(72-34-71-45)52(84)78-44-30-38(62(66,67)68)28-42(50(44)90-40-22-26-80(33-40)56(88)94-60(12,13)14)76-48(82)20-16-18-24-70-36(2)74-54(86)92-58(6,7)8/h27-31,34,39-40,69-70H,1-2,15-26,32-33H2,3-14H3,(H,73,85)(H,74,86)(H,75,81)(H,76,82)(H,77,83)(H,78,84)/t39-,40-/m1/s1. The van der Waals surface area contributed by atoms with Gasteiger partial charge in [-0.3, -0.25) is 29.8 Å². The first-order chi connectivity index (χ1) is 43.4. The highest BCUT2D eigenvalue weighted by Crippen LogP contribution is 2.44. The number of carbonyl (C=O) groups is 8. The van der Waals surface area contributed by atoms with E-state index in [4.69, 9.17) is 28.4 Å². The Bertz CT molecular complexity index is 3070. The number of ether oxygens (including phenoxy) is 6. The molecule has 1 aromatic heterocycles. The fourth-order valence-electron chi connectivity index (χ4n) is 8.82. The number of halogens is 6. The number of nitrogens with one attached hydrogen (secondary N) is 8. The van der Waals surface area contributed by atoms with E-state index in [-0.39, 0.29) is 89.4 Å². The van der Waals surface area contributed by atoms with Crippen molar-refractivity contribution >= 4 is 70.8 Å². The van der Waals surface area contributed by atoms with E-state index in [0.29, 0.717) is 43.4 Å². The van der Waals surface area contributed by atoms with Gasteiger partial charge in [0.1, 0.15) is 64.0 Å². The van der Waals surface area contributed by atoms with Crippen molar-refractivity contribution in [3.63, 3.8) is 0 Å². The normalized spacial score (nSPS) is 15.2. The highest BCUT2D eigenvalue weighted by atomic mass is 19.4. The van der Waals surface area contributed by atoms with Gasteiger partial charge in [-0.15, -0.1) is 0 Å². The van der Waals surface area contributed by atoms with E-state index in [9.17, 15) is 64.7 Å². The number of anilines is 4. The Labute approximate surface area is 540 Å². The molecule has 94 heavy (non-hydrogen) atoms. The van der Waals surface area contributed by atoms with Crippen LogP contribution in [0.2, 0.25) is 0 Å². The van der Waals surface area contributed by atoms with Gasteiger partial charge in [-0.25, -0.2) is 29.1 Å². The number of alkyl carbamates (subject to hydrolysis) is 2. The molecule has 3 heterocycles. The maximum absolute atomic E-state index is 14.8. The fraction of sp³-hybridized carbons (Fsp3) is 0.548. The molecule has 0 aliphatic carbocycles. The number of hydrogen-bond acceptors (Lipinski definition) is 18. The van der Waals surface area contributed by atoms with E-state index < -0.39 is 152 Å². The molecular weight excluding hydrogens is 1250 g/mol. The van der Waals surface area contributed by atoms with Gasteiger partial charge in [-0.1, -0.05) is 13.2 Å². The molecule has 2 fully saturated rings. The van der Waals surface area contributed by atoms with Gasteiger partial charge in [-0.05, 0) is 133 Å². The van der Waals surface area contributed by atoms with E-state index in [2.05, 4.69) is 65.7 Å². The number of benzene rings is 2. The number of likely N-dealkylation sites (tertiary alicyclic amines) is 2. The molecule has 8 N–H and O–H groups in total. The molecule has 26 nitrogen and oxygen atoms in total. The van der Waals surface area contributed by atoms with Crippen molar-refractivity contribution < 1.29 is 93.1 Å². The highest BCUT2D eigenvalue weighted by Gasteiger charge is 2.39. The second-order valence-corrected chi connectivity index (χ2v) is 26.0. The fourth-order valence-corrected chi connectivity index (χ4v) is 8.82. The minimum Gasteiger partial charge on any atom is -0.484 e. The van der Waals surface area contributed by atoms with E-state index in [0.717, 1.165) is 6.07 Å². The molecule has 0 saturated carbocycles. The molecule has 2 saturated heterocycles. The van der Waals surface area contributed by atoms with Crippen LogP contribution in [0.15, 0.2) is 61.5 Å². The Hall–Kier alpha value is -9.26. The monoisotopic (exact) mass is 1330 g/mol. The topological polar surface area (TPSA) is 320 Å². The third-order valence-corrected chi connectivity index (χ3v) is 12.8. The molecular formula is C62H84F6N12O14. The van der Waals surface area contributed by atoms with Crippen molar-refractivity contribution in [1.82, 2.24) is 41.0 Å². The zero-order chi connectivity index (χ0) is 70.3. The van der Waals surface area contributed by atoms with Crippen molar-refractivity contribution in [2.75, 3.05) is 60.5 Å². The van der Waals surface area contributed by atoms with Gasteiger partial charge in [0.05, 0.1) is 47.0 Å². The third-order valence-electron chi connectivity index (χ3n) is 12.8. The average molecular weight is 1340 g/mol. The second-order valence-electron chi connectivity index (χ2n) is 26.0. The van der Waals surface area contributed by atoms with Crippen molar-refractivity contribution in [2.24, 2.45) is 0 Å². The Morgan fingerprint density at radius 2 is 0.819 bits per heavy atom. The van der Waals surface area contributed by atoms with Crippen LogP contribution >= 0.6 is 0 Å². The van der Waals surface area contributed by atoms with Gasteiger partial charge in [0.25, 0.3) is 11.8 Å². The number of hydrogen-bond donors (Lipinski definition) is 8. The number of aromatic nitrogens is 2. The van der Waals surface area contributed by atoms with Crippen LogP contribution in [0.3, 0.4) is 0 Å². The van der Waals surface area contributed by atoms with Crippen LogP contribution in [0.1, 0.15) is 167 Å². The molecule has 3 aromatic rings. The first-order valence-electron chi connectivity index (χ1n) is 30.1. The predicted octanol–water partition coefficient (Wildman–Crippen LogP) is 11.2. The Balaban J connectivity index is 1.44. The summed E-state index contributed by atoms with van der Waals surface area (Å²) in [4.78, 5) is 116. The molecule has 8 amide bonds. The van der Waals surface area contributed by atoms with Crippen molar-refractivity contribution in [3.8, 4) is 11.5 Å². The summed E-state index contributed by atoms with van der Waals surface area (Å²) in [7, 11) is 0. The number of rotatable bonds is 24. The lowest BCUT2D eigenvalue weighted by molar-refractivity contribution is -0.138. The summed E-state index contributed by atoms with van der Waals surface area (Å²) < 4.78 is 123. The largest absolute Gasteiger partial charge is 0.484 e. The lowest BCUT2D eigenvalue weighted by atomic mass is 10.1. The van der Waals surface area contributed by atoms with Gasteiger partial charge in [0.15, 0.2) is 11.5 Å². The van der Waals surface area contributed by atoms with Crippen molar-refractivity contribution in [3.05, 3.63) is 84.0 Å². The van der Waals surface area contributed by atoms with Crippen molar-refractivity contribution in [1.29, 1.82) is 0 Å². The summed E-state index contributed by atoms with van der Waals surface area (Å²) in [5.74, 6) is -4.87. The SMILES string of the molecule is C=C(NCCCCC(=O)Nc1cc(C(F)(F)F)cc(NC(=O)c2cc(C(=O)Nc3cc(C(F)(F)F)cc(NC(=O)CCCCNC(=C)NC(=O)OC(C)(C)C)c3O[C@@H]3CCN(C(=O)OC(C)(C)C)C3)ncn2)c1O[C@@H]1CCN(C(=O)OC(C)(C)C)C1)NC(=O)OC(C)(C)C. The molecule has 0 unspecified atom stereocenters. The summed E-state index contributed by atoms with van der Waals surface area (Å²) in [6.07, 6.45) is -13.7. The van der Waals surface area contributed by atoms with E-state index in [1.54, 1.807) is 83.1 Å². The molecule has 518 valence electrons. The van der Waals surface area contributed by atoms with E-state index >= 15 is 0 Å². The Morgan fingerprint density at radius 1 is 0.489 bits per heavy atom. The quantitative estimate of drug-likeness (QED) is 0.0235. The number of amides is 8. The zero-order valence-corrected chi connectivity index (χ0v) is 54.7. The van der Waals surface area contributed by atoms with E-state index in [1.807, 2.05) is 0 Å². The number of alkyl halides is 6. The second kappa shape index (κ2) is 31.6. The maximum Gasteiger partial charge on any atom is 0.416 e. The third kappa shape index (κ3) is 25.7. The zero-order valence-electron chi connectivity index (χ0n) is 54.7. The molecule has 2 aromatic carbocycles. The summed E-state index contributed by atoms with van der Waals surface area (Å²) in [6.45, 7) is 27.6. The molecule has 0 spiro atoms. The molecule has 2 aliphatic rings. The molecule has 2 atom stereocenters. The molecule has 0 bridgehead atoms. The van der Waals surface area contributed by atoms with Gasteiger partial charge in [-0.2, -0.15) is 26.3 Å². The molecule has 2 aliphatic heterocycles. The van der Waals surface area contributed by atoms with Gasteiger partial charge < -0.3 is 70.1 Å². The minimum absolute atomic E-state index is 0.0795. The van der Waals surface area contributed by atoms with Crippen LogP contribution in [-0.2, 0) is 40.9 Å². The Morgan fingerprint density at radius 3 is 1.14 bits per heavy atom. The van der Waals surface area contributed by atoms with Gasteiger partial charge >= 0.3 is 36.7 Å². The highest BCUT2D eigenvalue weighted by molar-refractivity contribution is 6.09. The first-order valence-corrected chi connectivity index (χ1v) is 30.1. The van der Waals surface area contributed by atoms with Crippen LogP contribution in [0.25, 0.3) is 0 Å². The number of unbranched alkanes of at least 4 members (excludes halogenated alkanes) is 2. The number of carbonyl (C=O) groups excluding carboxylic acids is 8. The Kier molecular flexibility index (Phi) is 25.3. The average Bonchev–Trinajstić information content (AvgIpc) is 0.868. The first kappa shape index (κ1) is 75.5. The summed E-state index contributed by atoms with van der Waals surface area (Å²) in [5.41, 5.74) is -9.86.